The van der Waals surface area contributed by atoms with Gasteiger partial charge >= 0.3 is 0 Å². The van der Waals surface area contributed by atoms with E-state index in [-0.39, 0.29) is 39.5 Å². The lowest BCUT2D eigenvalue weighted by Crippen LogP contribution is -2.31. The molecule has 36 heavy (non-hydrogen) atoms. The fourth-order valence-corrected chi connectivity index (χ4v) is 5.83. The molecule has 0 atom stereocenters. The summed E-state index contributed by atoms with van der Waals surface area (Å²) in [5.41, 5.74) is 5.31. The summed E-state index contributed by atoms with van der Waals surface area (Å²) >= 11 is 0. The molecule has 0 radical (unpaired) electrons. The summed E-state index contributed by atoms with van der Waals surface area (Å²) in [6.07, 6.45) is 2.24. The van der Waals surface area contributed by atoms with E-state index >= 15 is 4.39 Å². The van der Waals surface area contributed by atoms with Crippen LogP contribution in [0.5, 0.6) is 5.75 Å². The van der Waals surface area contributed by atoms with Gasteiger partial charge in [-0.25, -0.2) is 21.6 Å². The second kappa shape index (κ2) is 9.97. The summed E-state index contributed by atoms with van der Waals surface area (Å²) in [7, 11) is -3.66. The number of hydrogen-bond donors (Lipinski definition) is 1. The molecule has 5 nitrogen and oxygen atoms in total. The predicted molar refractivity (Wildman–Crippen MR) is 130 cm³/mol. The Morgan fingerprint density at radius 3 is 2.31 bits per heavy atom. The quantitative estimate of drug-likeness (QED) is 0.431. The van der Waals surface area contributed by atoms with Crippen LogP contribution in [0.25, 0.3) is 11.1 Å². The maximum Gasteiger partial charge on any atom is 0.221 e. The number of carbonyl (C=O) groups is 1. The van der Waals surface area contributed by atoms with Crippen LogP contribution >= 0.6 is 0 Å². The molecule has 3 aromatic rings. The number of halogens is 3. The van der Waals surface area contributed by atoms with Crippen molar-refractivity contribution in [3.8, 4) is 16.9 Å². The highest BCUT2D eigenvalue weighted by molar-refractivity contribution is 7.91. The van der Waals surface area contributed by atoms with Gasteiger partial charge in [0.05, 0.1) is 17.1 Å². The number of nitrogens with two attached hydrogens (primary N) is 1. The molecule has 190 valence electrons. The number of sulfone groups is 1. The Morgan fingerprint density at radius 2 is 1.69 bits per heavy atom. The Labute approximate surface area is 208 Å². The summed E-state index contributed by atoms with van der Waals surface area (Å²) in [5, 5.41) is 0. The lowest BCUT2D eigenvalue weighted by Gasteiger charge is -2.31. The lowest BCUT2D eigenvalue weighted by atomic mass is 9.91. The average molecular weight is 518 g/mol. The van der Waals surface area contributed by atoms with Crippen LogP contribution in [0.15, 0.2) is 59.5 Å². The molecular formula is C27H26F3NO4S. The molecule has 1 fully saturated rings. The van der Waals surface area contributed by atoms with Crippen LogP contribution < -0.4 is 10.5 Å². The largest absolute Gasteiger partial charge is 0.479 e. The predicted octanol–water partition coefficient (Wildman–Crippen LogP) is 5.44. The third-order valence-corrected chi connectivity index (χ3v) is 8.31. The minimum atomic E-state index is -3.66. The molecule has 9 heteroatoms. The second-order valence-corrected chi connectivity index (χ2v) is 11.2. The fraction of sp³-hybridized carbons (Fsp3) is 0.296. The number of rotatable bonds is 8. The Bertz CT molecular complexity index is 1420. The van der Waals surface area contributed by atoms with Crippen molar-refractivity contribution in [1.82, 2.24) is 0 Å². The molecule has 3 aromatic carbocycles. The SMILES string of the molecule is CCS(=O)(=O)c1ccc(CC(N)=O)cc1-c1ccc(OC2(c3ccc(F)cc3F)CCCC2)c(F)c1. The van der Waals surface area contributed by atoms with Gasteiger partial charge in [0.1, 0.15) is 17.2 Å². The zero-order valence-electron chi connectivity index (χ0n) is 19.7. The molecule has 2 N–H and O–H groups in total. The van der Waals surface area contributed by atoms with Crippen molar-refractivity contribution in [3.05, 3.63) is 83.2 Å². The number of ether oxygens (including phenoxy) is 1. The first kappa shape index (κ1) is 25.8. The number of primary amides is 1. The van der Waals surface area contributed by atoms with Gasteiger partial charge in [-0.1, -0.05) is 19.1 Å². The van der Waals surface area contributed by atoms with E-state index < -0.39 is 38.8 Å². The molecule has 1 amide bonds. The summed E-state index contributed by atoms with van der Waals surface area (Å²) in [6, 6.07) is 11.7. The van der Waals surface area contributed by atoms with E-state index in [9.17, 15) is 22.0 Å². The van der Waals surface area contributed by atoms with Crippen molar-refractivity contribution < 1.29 is 31.1 Å². The van der Waals surface area contributed by atoms with Crippen LogP contribution in [-0.2, 0) is 26.7 Å². The van der Waals surface area contributed by atoms with Gasteiger partial charge in [0.15, 0.2) is 21.4 Å². The standard InChI is InChI=1S/C27H26F3NO4S/c1-2-36(33,34)25-10-5-17(14-26(31)32)13-20(25)18-6-9-24(23(30)15-18)35-27(11-3-4-12-27)21-8-7-19(28)16-22(21)29/h5-10,13,15-16H,2-4,11-12,14H2,1H3,(H2,31,32). The van der Waals surface area contributed by atoms with E-state index in [4.69, 9.17) is 10.5 Å². The highest BCUT2D eigenvalue weighted by atomic mass is 32.2. The van der Waals surface area contributed by atoms with E-state index in [0.29, 0.717) is 18.4 Å². The molecule has 0 unspecified atom stereocenters. The van der Waals surface area contributed by atoms with Crippen molar-refractivity contribution in [2.75, 3.05) is 5.75 Å². The number of hydrogen-bond acceptors (Lipinski definition) is 4. The maximum atomic E-state index is 15.4. The maximum absolute atomic E-state index is 15.4. The second-order valence-electron chi connectivity index (χ2n) is 8.95. The zero-order valence-corrected chi connectivity index (χ0v) is 20.5. The van der Waals surface area contributed by atoms with Crippen LogP contribution in [0, 0.1) is 17.5 Å². The minimum absolute atomic E-state index is 0.00642. The van der Waals surface area contributed by atoms with Crippen LogP contribution in [0.2, 0.25) is 0 Å². The van der Waals surface area contributed by atoms with Crippen LogP contribution in [0.1, 0.15) is 43.7 Å². The van der Waals surface area contributed by atoms with Crippen LogP contribution in [0.3, 0.4) is 0 Å². The molecule has 0 aliphatic heterocycles. The molecule has 0 heterocycles. The minimum Gasteiger partial charge on any atom is -0.479 e. The van der Waals surface area contributed by atoms with Gasteiger partial charge in [0, 0.05) is 17.2 Å². The van der Waals surface area contributed by atoms with E-state index in [0.717, 1.165) is 31.0 Å². The number of carbonyl (C=O) groups excluding carboxylic acids is 1. The summed E-state index contributed by atoms with van der Waals surface area (Å²) in [4.78, 5) is 11.4. The topological polar surface area (TPSA) is 86.5 Å². The van der Waals surface area contributed by atoms with E-state index in [2.05, 4.69) is 0 Å². The molecule has 1 aliphatic rings. The molecule has 0 bridgehead atoms. The van der Waals surface area contributed by atoms with Gasteiger partial charge in [-0.2, -0.15) is 0 Å². The van der Waals surface area contributed by atoms with Crippen molar-refractivity contribution in [3.63, 3.8) is 0 Å². The summed E-state index contributed by atoms with van der Waals surface area (Å²) in [5.74, 6) is -3.10. The number of amides is 1. The van der Waals surface area contributed by atoms with E-state index in [1.807, 2.05) is 0 Å². The first-order valence-corrected chi connectivity index (χ1v) is 13.3. The van der Waals surface area contributed by atoms with Gasteiger partial charge in [-0.05, 0) is 73.2 Å². The Kier molecular flexibility index (Phi) is 7.13. The zero-order chi connectivity index (χ0) is 26.1. The van der Waals surface area contributed by atoms with Gasteiger partial charge < -0.3 is 10.5 Å². The van der Waals surface area contributed by atoms with Gasteiger partial charge in [-0.3, -0.25) is 4.79 Å². The van der Waals surface area contributed by atoms with Crippen LogP contribution in [0.4, 0.5) is 13.2 Å². The molecule has 1 aliphatic carbocycles. The first-order chi connectivity index (χ1) is 17.0. The summed E-state index contributed by atoms with van der Waals surface area (Å²) < 4.78 is 75.0. The molecule has 1 saturated carbocycles. The van der Waals surface area contributed by atoms with Crippen LogP contribution in [-0.4, -0.2) is 20.1 Å². The normalized spacial score (nSPS) is 15.1. The molecule has 0 aromatic heterocycles. The Morgan fingerprint density at radius 1 is 0.972 bits per heavy atom. The van der Waals surface area contributed by atoms with Crippen molar-refractivity contribution in [2.45, 2.75) is 49.5 Å². The Balaban J connectivity index is 1.75. The van der Waals surface area contributed by atoms with Gasteiger partial charge in [-0.15, -0.1) is 0 Å². The molecular weight excluding hydrogens is 491 g/mol. The van der Waals surface area contributed by atoms with Gasteiger partial charge in [0.2, 0.25) is 5.91 Å². The van der Waals surface area contributed by atoms with E-state index in [1.54, 1.807) is 0 Å². The number of benzene rings is 3. The fourth-order valence-electron chi connectivity index (χ4n) is 4.73. The first-order valence-electron chi connectivity index (χ1n) is 11.6. The highest BCUT2D eigenvalue weighted by Gasteiger charge is 2.41. The Hall–Kier alpha value is -3.33. The smallest absolute Gasteiger partial charge is 0.221 e. The van der Waals surface area contributed by atoms with Crippen molar-refractivity contribution in [2.24, 2.45) is 5.73 Å². The molecule has 0 saturated heterocycles. The average Bonchev–Trinajstić information content (AvgIpc) is 3.29. The molecule has 0 spiro atoms. The highest BCUT2D eigenvalue weighted by Crippen LogP contribution is 2.45. The summed E-state index contributed by atoms with van der Waals surface area (Å²) in [6.45, 7) is 1.50. The molecule has 4 rings (SSSR count). The lowest BCUT2D eigenvalue weighted by molar-refractivity contribution is -0.117. The third kappa shape index (κ3) is 5.11. The monoisotopic (exact) mass is 517 g/mol. The van der Waals surface area contributed by atoms with Crippen molar-refractivity contribution >= 4 is 15.7 Å². The third-order valence-electron chi connectivity index (χ3n) is 6.52. The van der Waals surface area contributed by atoms with Gasteiger partial charge in [0.25, 0.3) is 0 Å². The van der Waals surface area contributed by atoms with E-state index in [1.165, 1.54) is 43.3 Å². The van der Waals surface area contributed by atoms with Crippen molar-refractivity contribution in [1.29, 1.82) is 0 Å².